The molecule has 1 aliphatic rings. The molecule has 1 fully saturated rings. The van der Waals surface area contributed by atoms with Gasteiger partial charge < -0.3 is 10.6 Å². The standard InChI is InChI=1S/C14H17N3/c1-2-14(15)9-17(10-14)13-12-6-4-3-5-11(12)7-8-16-13/h3-8H,2,9-10,15H2,1H3. The van der Waals surface area contributed by atoms with Crippen LogP contribution in [0.5, 0.6) is 0 Å². The zero-order valence-electron chi connectivity index (χ0n) is 10.1. The molecule has 0 spiro atoms. The fraction of sp³-hybridized carbons (Fsp3) is 0.357. The van der Waals surface area contributed by atoms with Crippen LogP contribution in [0.15, 0.2) is 36.5 Å². The number of hydrogen-bond donors (Lipinski definition) is 1. The summed E-state index contributed by atoms with van der Waals surface area (Å²) in [6, 6.07) is 10.4. The number of pyridine rings is 1. The van der Waals surface area contributed by atoms with Crippen molar-refractivity contribution in [2.75, 3.05) is 18.0 Å². The zero-order valence-corrected chi connectivity index (χ0v) is 10.1. The number of hydrogen-bond acceptors (Lipinski definition) is 3. The van der Waals surface area contributed by atoms with Gasteiger partial charge in [0.1, 0.15) is 5.82 Å². The minimum atomic E-state index is -0.0153. The van der Waals surface area contributed by atoms with Crippen LogP contribution in [0.3, 0.4) is 0 Å². The van der Waals surface area contributed by atoms with Crippen molar-refractivity contribution >= 4 is 16.6 Å². The number of rotatable bonds is 2. The van der Waals surface area contributed by atoms with Crippen LogP contribution >= 0.6 is 0 Å². The van der Waals surface area contributed by atoms with Gasteiger partial charge in [0.2, 0.25) is 0 Å². The van der Waals surface area contributed by atoms with E-state index in [1.165, 1.54) is 10.8 Å². The summed E-state index contributed by atoms with van der Waals surface area (Å²) in [6.07, 6.45) is 2.90. The summed E-state index contributed by atoms with van der Waals surface area (Å²) in [5.74, 6) is 1.07. The lowest BCUT2D eigenvalue weighted by atomic mass is 9.88. The highest BCUT2D eigenvalue weighted by molar-refractivity contribution is 5.92. The van der Waals surface area contributed by atoms with E-state index in [0.717, 1.165) is 25.3 Å². The minimum Gasteiger partial charge on any atom is -0.352 e. The number of anilines is 1. The Labute approximate surface area is 101 Å². The van der Waals surface area contributed by atoms with Gasteiger partial charge in [-0.25, -0.2) is 4.98 Å². The summed E-state index contributed by atoms with van der Waals surface area (Å²) < 4.78 is 0. The molecule has 0 amide bonds. The molecule has 2 heterocycles. The molecule has 0 radical (unpaired) electrons. The number of nitrogens with two attached hydrogens (primary N) is 1. The van der Waals surface area contributed by atoms with Crippen LogP contribution < -0.4 is 10.6 Å². The fourth-order valence-electron chi connectivity index (χ4n) is 2.44. The molecule has 1 saturated heterocycles. The first-order valence-corrected chi connectivity index (χ1v) is 6.09. The molecule has 1 aromatic carbocycles. The molecule has 0 saturated carbocycles. The van der Waals surface area contributed by atoms with Crippen LogP contribution in [-0.2, 0) is 0 Å². The highest BCUT2D eigenvalue weighted by Gasteiger charge is 2.38. The van der Waals surface area contributed by atoms with E-state index in [9.17, 15) is 0 Å². The molecule has 1 aliphatic heterocycles. The summed E-state index contributed by atoms with van der Waals surface area (Å²) in [4.78, 5) is 6.77. The molecule has 2 aromatic rings. The van der Waals surface area contributed by atoms with E-state index in [4.69, 9.17) is 5.73 Å². The number of aromatic nitrogens is 1. The van der Waals surface area contributed by atoms with Gasteiger partial charge in [-0.05, 0) is 17.9 Å². The van der Waals surface area contributed by atoms with Crippen molar-refractivity contribution in [2.24, 2.45) is 5.73 Å². The average molecular weight is 227 g/mol. The van der Waals surface area contributed by atoms with Crippen molar-refractivity contribution in [1.29, 1.82) is 0 Å². The maximum Gasteiger partial charge on any atom is 0.136 e. The lowest BCUT2D eigenvalue weighted by Crippen LogP contribution is -2.67. The van der Waals surface area contributed by atoms with Gasteiger partial charge in [0.05, 0.1) is 5.54 Å². The van der Waals surface area contributed by atoms with Crippen LogP contribution in [0.2, 0.25) is 0 Å². The van der Waals surface area contributed by atoms with Gasteiger partial charge in [0.15, 0.2) is 0 Å². The molecule has 2 N–H and O–H groups in total. The summed E-state index contributed by atoms with van der Waals surface area (Å²) in [5.41, 5.74) is 6.19. The monoisotopic (exact) mass is 227 g/mol. The predicted molar refractivity (Wildman–Crippen MR) is 71.2 cm³/mol. The van der Waals surface area contributed by atoms with Crippen LogP contribution in [0.1, 0.15) is 13.3 Å². The van der Waals surface area contributed by atoms with Gasteiger partial charge >= 0.3 is 0 Å². The van der Waals surface area contributed by atoms with Crippen molar-refractivity contribution in [3.63, 3.8) is 0 Å². The van der Waals surface area contributed by atoms with Crippen LogP contribution in [0.4, 0.5) is 5.82 Å². The number of fused-ring (bicyclic) bond motifs is 1. The molecular formula is C14H17N3. The van der Waals surface area contributed by atoms with Crippen LogP contribution in [-0.4, -0.2) is 23.6 Å². The lowest BCUT2D eigenvalue weighted by Gasteiger charge is -2.48. The number of nitrogens with zero attached hydrogens (tertiary/aromatic N) is 2. The Morgan fingerprint density at radius 1 is 1.29 bits per heavy atom. The molecule has 3 heteroatoms. The van der Waals surface area contributed by atoms with E-state index in [1.807, 2.05) is 12.3 Å². The maximum absolute atomic E-state index is 6.20. The molecule has 0 bridgehead atoms. The third-order valence-electron chi connectivity index (χ3n) is 3.67. The highest BCUT2D eigenvalue weighted by Crippen LogP contribution is 2.31. The van der Waals surface area contributed by atoms with E-state index < -0.39 is 0 Å². The second-order valence-corrected chi connectivity index (χ2v) is 4.93. The van der Waals surface area contributed by atoms with Crippen molar-refractivity contribution in [3.05, 3.63) is 36.5 Å². The van der Waals surface area contributed by atoms with Crippen molar-refractivity contribution < 1.29 is 0 Å². The van der Waals surface area contributed by atoms with Crippen molar-refractivity contribution in [2.45, 2.75) is 18.9 Å². The Hall–Kier alpha value is -1.61. The predicted octanol–water partition coefficient (Wildman–Crippen LogP) is 2.16. The van der Waals surface area contributed by atoms with E-state index in [1.54, 1.807) is 0 Å². The van der Waals surface area contributed by atoms with Gasteiger partial charge in [-0.15, -0.1) is 0 Å². The Morgan fingerprint density at radius 3 is 2.82 bits per heavy atom. The summed E-state index contributed by atoms with van der Waals surface area (Å²) in [6.45, 7) is 3.96. The summed E-state index contributed by atoms with van der Waals surface area (Å²) in [7, 11) is 0. The van der Waals surface area contributed by atoms with Gasteiger partial charge in [-0.3, -0.25) is 0 Å². The molecule has 3 nitrogen and oxygen atoms in total. The van der Waals surface area contributed by atoms with E-state index >= 15 is 0 Å². The van der Waals surface area contributed by atoms with Gasteiger partial charge in [0.25, 0.3) is 0 Å². The second kappa shape index (κ2) is 3.70. The SMILES string of the molecule is CCC1(N)CN(c2nccc3ccccc23)C1. The topological polar surface area (TPSA) is 42.1 Å². The molecular weight excluding hydrogens is 210 g/mol. The molecule has 0 unspecified atom stereocenters. The van der Waals surface area contributed by atoms with Gasteiger partial charge in [0, 0.05) is 24.7 Å². The average Bonchev–Trinajstić information content (AvgIpc) is 2.34. The van der Waals surface area contributed by atoms with E-state index in [2.05, 4.69) is 41.1 Å². The molecule has 17 heavy (non-hydrogen) atoms. The Balaban J connectivity index is 1.97. The first kappa shape index (κ1) is 10.5. The zero-order chi connectivity index (χ0) is 11.9. The lowest BCUT2D eigenvalue weighted by molar-refractivity contribution is 0.321. The normalized spacial score (nSPS) is 18.1. The smallest absolute Gasteiger partial charge is 0.136 e. The van der Waals surface area contributed by atoms with E-state index in [0.29, 0.717) is 0 Å². The highest BCUT2D eigenvalue weighted by atomic mass is 15.3. The fourth-order valence-corrected chi connectivity index (χ4v) is 2.44. The van der Waals surface area contributed by atoms with Crippen molar-refractivity contribution in [3.8, 4) is 0 Å². The molecule has 0 atom stereocenters. The van der Waals surface area contributed by atoms with Crippen LogP contribution in [0, 0.1) is 0 Å². The van der Waals surface area contributed by atoms with Crippen LogP contribution in [0.25, 0.3) is 10.8 Å². The van der Waals surface area contributed by atoms with Gasteiger partial charge in [-0.2, -0.15) is 0 Å². The molecule has 0 aliphatic carbocycles. The largest absolute Gasteiger partial charge is 0.352 e. The van der Waals surface area contributed by atoms with Crippen molar-refractivity contribution in [1.82, 2.24) is 4.98 Å². The van der Waals surface area contributed by atoms with E-state index in [-0.39, 0.29) is 5.54 Å². The quantitative estimate of drug-likeness (QED) is 0.855. The summed E-state index contributed by atoms with van der Waals surface area (Å²) in [5, 5.41) is 2.46. The Bertz CT molecular complexity index is 539. The molecule has 3 rings (SSSR count). The second-order valence-electron chi connectivity index (χ2n) is 4.93. The molecule has 1 aromatic heterocycles. The Morgan fingerprint density at radius 2 is 2.06 bits per heavy atom. The third-order valence-corrected chi connectivity index (χ3v) is 3.67. The maximum atomic E-state index is 6.20. The molecule has 88 valence electrons. The first-order chi connectivity index (χ1) is 8.22. The first-order valence-electron chi connectivity index (χ1n) is 6.09. The minimum absolute atomic E-state index is 0.0153. The summed E-state index contributed by atoms with van der Waals surface area (Å²) >= 11 is 0. The number of benzene rings is 1. The Kier molecular flexibility index (Phi) is 2.30. The van der Waals surface area contributed by atoms with Gasteiger partial charge in [-0.1, -0.05) is 31.2 Å². The third kappa shape index (κ3) is 1.67.